The summed E-state index contributed by atoms with van der Waals surface area (Å²) in [5.74, 6) is -0.544. The molecule has 1 aromatic rings. The molecule has 7 heteroatoms. The van der Waals surface area contributed by atoms with Crippen LogP contribution >= 0.6 is 11.6 Å². The second-order valence-corrected chi connectivity index (χ2v) is 2.68. The molecule has 0 saturated heterocycles. The van der Waals surface area contributed by atoms with Gasteiger partial charge in [0, 0.05) is 17.2 Å². The third kappa shape index (κ3) is 2.53. The third-order valence-corrected chi connectivity index (χ3v) is 1.57. The molecule has 0 aromatic heterocycles. The van der Waals surface area contributed by atoms with E-state index in [-0.39, 0.29) is 5.02 Å². The van der Waals surface area contributed by atoms with Crippen molar-refractivity contribution >= 4 is 17.3 Å². The fourth-order valence-electron chi connectivity index (χ4n) is 0.829. The van der Waals surface area contributed by atoms with Crippen molar-refractivity contribution in [3.05, 3.63) is 33.3 Å². The van der Waals surface area contributed by atoms with Crippen molar-refractivity contribution in [3.63, 3.8) is 0 Å². The number of benzene rings is 1. The van der Waals surface area contributed by atoms with Crippen molar-refractivity contribution in [1.82, 2.24) is 0 Å². The summed E-state index contributed by atoms with van der Waals surface area (Å²) in [6, 6.07) is 3.18. The summed E-state index contributed by atoms with van der Waals surface area (Å²) in [7, 11) is 0. The Bertz CT molecular complexity index is 359. The Hall–Kier alpha value is -1.43. The van der Waals surface area contributed by atoms with Gasteiger partial charge >= 0.3 is 12.3 Å². The van der Waals surface area contributed by atoms with Gasteiger partial charge in [0.25, 0.3) is 0 Å². The first-order chi connectivity index (χ1) is 6.50. The van der Waals surface area contributed by atoms with E-state index in [1.807, 2.05) is 0 Å². The van der Waals surface area contributed by atoms with E-state index in [4.69, 9.17) is 11.6 Å². The van der Waals surface area contributed by atoms with Crippen molar-refractivity contribution in [1.29, 1.82) is 0 Å². The van der Waals surface area contributed by atoms with Gasteiger partial charge in [-0.1, -0.05) is 11.6 Å². The van der Waals surface area contributed by atoms with Crippen molar-refractivity contribution in [2.45, 2.75) is 6.61 Å². The van der Waals surface area contributed by atoms with Crippen LogP contribution in [-0.2, 0) is 0 Å². The molecule has 0 aliphatic heterocycles. The number of ether oxygens (including phenoxy) is 1. The zero-order valence-corrected chi connectivity index (χ0v) is 7.37. The molecule has 14 heavy (non-hydrogen) atoms. The lowest BCUT2D eigenvalue weighted by molar-refractivity contribution is -0.386. The maximum atomic E-state index is 11.8. The van der Waals surface area contributed by atoms with Gasteiger partial charge < -0.3 is 4.74 Å². The summed E-state index contributed by atoms with van der Waals surface area (Å²) >= 11 is 5.46. The van der Waals surface area contributed by atoms with E-state index >= 15 is 0 Å². The van der Waals surface area contributed by atoms with Crippen molar-refractivity contribution in [2.24, 2.45) is 0 Å². The molecular formula is C7H4ClF2NO3. The topological polar surface area (TPSA) is 52.4 Å². The number of nitro groups is 1. The van der Waals surface area contributed by atoms with Gasteiger partial charge in [0.1, 0.15) is 0 Å². The van der Waals surface area contributed by atoms with Gasteiger partial charge in [0.2, 0.25) is 5.75 Å². The smallest absolute Gasteiger partial charge is 0.387 e. The van der Waals surface area contributed by atoms with Gasteiger partial charge in [0.15, 0.2) is 0 Å². The fourth-order valence-corrected chi connectivity index (χ4v) is 0.991. The molecule has 0 aliphatic rings. The monoisotopic (exact) mass is 223 g/mol. The molecule has 4 nitrogen and oxygen atoms in total. The van der Waals surface area contributed by atoms with Crippen LogP contribution in [0.4, 0.5) is 14.5 Å². The standard InChI is InChI=1S/C7H4ClF2NO3/c8-4-1-2-5(11(12)13)6(3-4)14-7(9)10/h1-3,7H. The summed E-state index contributed by atoms with van der Waals surface area (Å²) in [5, 5.41) is 10.4. The molecule has 0 aliphatic carbocycles. The zero-order chi connectivity index (χ0) is 10.7. The van der Waals surface area contributed by atoms with Crippen LogP contribution in [0.2, 0.25) is 5.02 Å². The molecule has 1 rings (SSSR count). The fraction of sp³-hybridized carbons (Fsp3) is 0.143. The number of hydrogen-bond donors (Lipinski definition) is 0. The van der Waals surface area contributed by atoms with Crippen LogP contribution < -0.4 is 4.74 Å². The van der Waals surface area contributed by atoms with Crippen molar-refractivity contribution in [2.75, 3.05) is 0 Å². The van der Waals surface area contributed by atoms with Gasteiger partial charge in [-0.25, -0.2) is 0 Å². The van der Waals surface area contributed by atoms with Crippen molar-refractivity contribution < 1.29 is 18.4 Å². The van der Waals surface area contributed by atoms with Crippen LogP contribution in [-0.4, -0.2) is 11.5 Å². The minimum atomic E-state index is -3.12. The highest BCUT2D eigenvalue weighted by Gasteiger charge is 2.18. The highest BCUT2D eigenvalue weighted by Crippen LogP contribution is 2.30. The van der Waals surface area contributed by atoms with Gasteiger partial charge in [0.05, 0.1) is 4.92 Å². The largest absolute Gasteiger partial charge is 0.427 e. The average Bonchev–Trinajstić information content (AvgIpc) is 2.01. The molecule has 0 heterocycles. The van der Waals surface area contributed by atoms with Crippen molar-refractivity contribution in [3.8, 4) is 5.75 Å². The van der Waals surface area contributed by atoms with Crippen LogP contribution in [0.15, 0.2) is 18.2 Å². The molecule has 1 aromatic carbocycles. The van der Waals surface area contributed by atoms with Gasteiger partial charge in [-0.05, 0) is 6.07 Å². The Morgan fingerprint density at radius 1 is 1.50 bits per heavy atom. The molecule has 0 saturated carbocycles. The molecular weight excluding hydrogens is 220 g/mol. The second kappa shape index (κ2) is 4.19. The number of alkyl halides is 2. The van der Waals surface area contributed by atoms with Crippen LogP contribution in [0.3, 0.4) is 0 Å². The number of nitrogens with zero attached hydrogens (tertiary/aromatic N) is 1. The molecule has 76 valence electrons. The van der Waals surface area contributed by atoms with E-state index in [0.29, 0.717) is 0 Å². The summed E-state index contributed by atoms with van der Waals surface area (Å²) in [4.78, 5) is 9.53. The lowest BCUT2D eigenvalue weighted by Crippen LogP contribution is -2.04. The predicted octanol–water partition coefficient (Wildman–Crippen LogP) is 2.85. The quantitative estimate of drug-likeness (QED) is 0.585. The molecule has 0 N–H and O–H groups in total. The molecule has 0 unspecified atom stereocenters. The summed E-state index contributed by atoms with van der Waals surface area (Å²) in [6.45, 7) is -3.12. The highest BCUT2D eigenvalue weighted by molar-refractivity contribution is 6.30. The Balaban J connectivity index is 3.09. The normalized spacial score (nSPS) is 10.3. The maximum absolute atomic E-state index is 11.8. The minimum absolute atomic E-state index is 0.0891. The first kappa shape index (κ1) is 10.6. The van der Waals surface area contributed by atoms with Crippen LogP contribution in [0, 0.1) is 10.1 Å². The van der Waals surface area contributed by atoms with E-state index in [2.05, 4.69) is 4.74 Å². The summed E-state index contributed by atoms with van der Waals surface area (Å²) in [5.41, 5.74) is -0.547. The Labute approximate surface area is 82.2 Å². The van der Waals surface area contributed by atoms with Gasteiger partial charge in [-0.3, -0.25) is 10.1 Å². The van der Waals surface area contributed by atoms with E-state index in [1.165, 1.54) is 6.07 Å². The third-order valence-electron chi connectivity index (χ3n) is 1.33. The Morgan fingerprint density at radius 3 is 2.64 bits per heavy atom. The lowest BCUT2D eigenvalue weighted by Gasteiger charge is -2.04. The number of halogens is 3. The predicted molar refractivity (Wildman–Crippen MR) is 44.7 cm³/mol. The number of rotatable bonds is 3. The highest BCUT2D eigenvalue weighted by atomic mass is 35.5. The maximum Gasteiger partial charge on any atom is 0.387 e. The average molecular weight is 224 g/mol. The van der Waals surface area contributed by atoms with E-state index in [0.717, 1.165) is 12.1 Å². The molecule has 0 amide bonds. The molecule has 0 fully saturated rings. The van der Waals surface area contributed by atoms with Crippen LogP contribution in [0.1, 0.15) is 0 Å². The van der Waals surface area contributed by atoms with E-state index in [1.54, 1.807) is 0 Å². The minimum Gasteiger partial charge on any atom is -0.427 e. The second-order valence-electron chi connectivity index (χ2n) is 2.25. The number of nitro benzene ring substituents is 1. The first-order valence-electron chi connectivity index (χ1n) is 3.39. The molecule has 0 bridgehead atoms. The van der Waals surface area contributed by atoms with Crippen LogP contribution in [0.25, 0.3) is 0 Å². The van der Waals surface area contributed by atoms with E-state index < -0.39 is 23.0 Å². The summed E-state index contributed by atoms with van der Waals surface area (Å²) < 4.78 is 27.5. The molecule has 0 atom stereocenters. The molecule has 0 radical (unpaired) electrons. The van der Waals surface area contributed by atoms with Gasteiger partial charge in [-0.15, -0.1) is 0 Å². The zero-order valence-electron chi connectivity index (χ0n) is 6.62. The Kier molecular flexibility index (Phi) is 3.19. The summed E-state index contributed by atoms with van der Waals surface area (Å²) in [6.07, 6.45) is 0. The number of hydrogen-bond acceptors (Lipinski definition) is 3. The lowest BCUT2D eigenvalue weighted by atomic mass is 10.3. The SMILES string of the molecule is O=[N+]([O-])c1ccc(Cl)cc1OC(F)F. The first-order valence-corrected chi connectivity index (χ1v) is 3.77. The van der Waals surface area contributed by atoms with Crippen LogP contribution in [0.5, 0.6) is 5.75 Å². The van der Waals surface area contributed by atoms with Gasteiger partial charge in [-0.2, -0.15) is 8.78 Å². The molecule has 0 spiro atoms. The van der Waals surface area contributed by atoms with E-state index in [9.17, 15) is 18.9 Å². The Morgan fingerprint density at radius 2 is 2.14 bits per heavy atom.